The predicted octanol–water partition coefficient (Wildman–Crippen LogP) is 0.426. The SMILES string of the molecule is CCCC(=O)NCC(=O)NCC(O)C(C)(C)C. The highest BCUT2D eigenvalue weighted by molar-refractivity contribution is 5.84. The molecular formula is C12H24N2O3. The van der Waals surface area contributed by atoms with Gasteiger partial charge in [0.2, 0.25) is 11.8 Å². The van der Waals surface area contributed by atoms with Crippen LogP contribution in [0.5, 0.6) is 0 Å². The first kappa shape index (κ1) is 15.9. The lowest BCUT2D eigenvalue weighted by Crippen LogP contribution is -2.43. The molecule has 1 atom stereocenters. The number of hydrogen-bond donors (Lipinski definition) is 3. The summed E-state index contributed by atoms with van der Waals surface area (Å²) in [7, 11) is 0. The number of aliphatic hydroxyl groups excluding tert-OH is 1. The van der Waals surface area contributed by atoms with Gasteiger partial charge in [0.25, 0.3) is 0 Å². The number of aliphatic hydroxyl groups is 1. The van der Waals surface area contributed by atoms with Crippen molar-refractivity contribution in [2.24, 2.45) is 5.41 Å². The number of nitrogens with one attached hydrogen (secondary N) is 2. The quantitative estimate of drug-likeness (QED) is 0.634. The molecule has 0 aliphatic carbocycles. The topological polar surface area (TPSA) is 78.4 Å². The van der Waals surface area contributed by atoms with Gasteiger partial charge in [0.05, 0.1) is 12.6 Å². The zero-order chi connectivity index (χ0) is 13.5. The number of carbonyl (C=O) groups is 2. The first-order valence-corrected chi connectivity index (χ1v) is 5.98. The van der Waals surface area contributed by atoms with E-state index in [0.717, 1.165) is 6.42 Å². The minimum Gasteiger partial charge on any atom is -0.391 e. The van der Waals surface area contributed by atoms with Crippen molar-refractivity contribution < 1.29 is 14.7 Å². The van der Waals surface area contributed by atoms with Gasteiger partial charge < -0.3 is 15.7 Å². The van der Waals surface area contributed by atoms with E-state index in [4.69, 9.17) is 0 Å². The summed E-state index contributed by atoms with van der Waals surface area (Å²) in [6.45, 7) is 7.76. The van der Waals surface area contributed by atoms with E-state index in [1.54, 1.807) is 0 Å². The largest absolute Gasteiger partial charge is 0.391 e. The average Bonchev–Trinajstić information content (AvgIpc) is 2.22. The summed E-state index contributed by atoms with van der Waals surface area (Å²) >= 11 is 0. The Balaban J connectivity index is 3.77. The van der Waals surface area contributed by atoms with Gasteiger partial charge in [-0.1, -0.05) is 27.7 Å². The van der Waals surface area contributed by atoms with Gasteiger partial charge >= 0.3 is 0 Å². The number of carbonyl (C=O) groups excluding carboxylic acids is 2. The van der Waals surface area contributed by atoms with Crippen molar-refractivity contribution in [1.82, 2.24) is 10.6 Å². The van der Waals surface area contributed by atoms with Crippen LogP contribution in [0.15, 0.2) is 0 Å². The molecule has 0 saturated carbocycles. The predicted molar refractivity (Wildman–Crippen MR) is 66.4 cm³/mol. The molecule has 0 aliphatic rings. The minimum absolute atomic E-state index is 0.0320. The molecule has 0 aromatic heterocycles. The van der Waals surface area contributed by atoms with Crippen molar-refractivity contribution in [3.05, 3.63) is 0 Å². The first-order valence-electron chi connectivity index (χ1n) is 5.98. The van der Waals surface area contributed by atoms with Crippen molar-refractivity contribution in [3.8, 4) is 0 Å². The monoisotopic (exact) mass is 244 g/mol. The molecular weight excluding hydrogens is 220 g/mol. The van der Waals surface area contributed by atoms with Gasteiger partial charge in [-0.25, -0.2) is 0 Å². The Kier molecular flexibility index (Phi) is 6.80. The van der Waals surface area contributed by atoms with E-state index in [1.165, 1.54) is 0 Å². The number of hydrogen-bond acceptors (Lipinski definition) is 3. The normalized spacial score (nSPS) is 13.0. The lowest BCUT2D eigenvalue weighted by Gasteiger charge is -2.25. The molecule has 5 heteroatoms. The van der Waals surface area contributed by atoms with Crippen molar-refractivity contribution >= 4 is 11.8 Å². The van der Waals surface area contributed by atoms with Gasteiger partial charge in [0.1, 0.15) is 0 Å². The van der Waals surface area contributed by atoms with Crippen LogP contribution >= 0.6 is 0 Å². The molecule has 0 aromatic carbocycles. The van der Waals surface area contributed by atoms with Crippen LogP contribution in [-0.4, -0.2) is 36.1 Å². The number of amides is 2. The fourth-order valence-corrected chi connectivity index (χ4v) is 1.07. The van der Waals surface area contributed by atoms with Crippen molar-refractivity contribution in [3.63, 3.8) is 0 Å². The third-order valence-corrected chi connectivity index (χ3v) is 2.42. The maximum absolute atomic E-state index is 11.3. The minimum atomic E-state index is -0.599. The maximum Gasteiger partial charge on any atom is 0.239 e. The van der Waals surface area contributed by atoms with E-state index >= 15 is 0 Å². The lowest BCUT2D eigenvalue weighted by atomic mass is 9.89. The second kappa shape index (κ2) is 7.27. The Bertz CT molecular complexity index is 259. The van der Waals surface area contributed by atoms with E-state index < -0.39 is 6.10 Å². The molecule has 3 N–H and O–H groups in total. The van der Waals surface area contributed by atoms with Gasteiger partial charge in [-0.15, -0.1) is 0 Å². The fourth-order valence-electron chi connectivity index (χ4n) is 1.07. The van der Waals surface area contributed by atoms with Crippen LogP contribution in [0, 0.1) is 5.41 Å². The lowest BCUT2D eigenvalue weighted by molar-refractivity contribution is -0.126. The average molecular weight is 244 g/mol. The van der Waals surface area contributed by atoms with Crippen LogP contribution in [0.1, 0.15) is 40.5 Å². The van der Waals surface area contributed by atoms with Crippen molar-refractivity contribution in [1.29, 1.82) is 0 Å². The number of rotatable bonds is 6. The van der Waals surface area contributed by atoms with Crippen LogP contribution in [0.3, 0.4) is 0 Å². The van der Waals surface area contributed by atoms with Gasteiger partial charge in [-0.05, 0) is 11.8 Å². The van der Waals surface area contributed by atoms with E-state index in [2.05, 4.69) is 10.6 Å². The summed E-state index contributed by atoms with van der Waals surface area (Å²) in [5.74, 6) is -0.406. The zero-order valence-corrected chi connectivity index (χ0v) is 11.2. The highest BCUT2D eigenvalue weighted by Gasteiger charge is 2.22. The molecule has 5 nitrogen and oxygen atoms in total. The van der Waals surface area contributed by atoms with E-state index in [-0.39, 0.29) is 30.3 Å². The van der Waals surface area contributed by atoms with Gasteiger partial charge in [-0.3, -0.25) is 9.59 Å². The summed E-state index contributed by atoms with van der Waals surface area (Å²) in [5.41, 5.74) is -0.265. The molecule has 2 amide bonds. The van der Waals surface area contributed by atoms with Crippen LogP contribution in [0.25, 0.3) is 0 Å². The molecule has 0 aliphatic heterocycles. The highest BCUT2D eigenvalue weighted by atomic mass is 16.3. The van der Waals surface area contributed by atoms with Crippen LogP contribution in [0.2, 0.25) is 0 Å². The molecule has 17 heavy (non-hydrogen) atoms. The van der Waals surface area contributed by atoms with Crippen molar-refractivity contribution in [2.75, 3.05) is 13.1 Å². The molecule has 0 heterocycles. The second-order valence-electron chi connectivity index (χ2n) is 5.21. The Hall–Kier alpha value is -1.10. The summed E-state index contributed by atoms with van der Waals surface area (Å²) in [6.07, 6.45) is 0.589. The highest BCUT2D eigenvalue weighted by Crippen LogP contribution is 2.17. The zero-order valence-electron chi connectivity index (χ0n) is 11.2. The smallest absolute Gasteiger partial charge is 0.239 e. The Labute approximate surface area is 103 Å². The molecule has 0 spiro atoms. The fraction of sp³-hybridized carbons (Fsp3) is 0.833. The van der Waals surface area contributed by atoms with Crippen LogP contribution in [-0.2, 0) is 9.59 Å². The van der Waals surface area contributed by atoms with E-state index in [0.29, 0.717) is 6.42 Å². The van der Waals surface area contributed by atoms with E-state index in [9.17, 15) is 14.7 Å². The molecule has 1 unspecified atom stereocenters. The summed E-state index contributed by atoms with van der Waals surface area (Å²) in [4.78, 5) is 22.5. The van der Waals surface area contributed by atoms with Gasteiger partial charge in [0, 0.05) is 13.0 Å². The van der Waals surface area contributed by atoms with Crippen molar-refractivity contribution in [2.45, 2.75) is 46.6 Å². The molecule has 0 fully saturated rings. The summed E-state index contributed by atoms with van der Waals surface area (Å²) in [6, 6.07) is 0. The summed E-state index contributed by atoms with van der Waals surface area (Å²) in [5, 5.41) is 14.8. The Morgan fingerprint density at radius 1 is 1.18 bits per heavy atom. The molecule has 100 valence electrons. The van der Waals surface area contributed by atoms with Crippen LogP contribution < -0.4 is 10.6 Å². The molecule has 0 rings (SSSR count). The van der Waals surface area contributed by atoms with Gasteiger partial charge in [0.15, 0.2) is 0 Å². The molecule has 0 aromatic rings. The van der Waals surface area contributed by atoms with E-state index in [1.807, 2.05) is 27.7 Å². The third kappa shape index (κ3) is 7.74. The standard InChI is InChI=1S/C12H24N2O3/c1-5-6-10(16)14-8-11(17)13-7-9(15)12(2,3)4/h9,15H,5-8H2,1-4H3,(H,13,17)(H,14,16). The third-order valence-electron chi connectivity index (χ3n) is 2.42. The molecule has 0 saturated heterocycles. The first-order chi connectivity index (χ1) is 7.77. The second-order valence-corrected chi connectivity index (χ2v) is 5.21. The molecule has 0 bridgehead atoms. The Morgan fingerprint density at radius 2 is 1.76 bits per heavy atom. The summed E-state index contributed by atoms with van der Waals surface area (Å²) < 4.78 is 0. The van der Waals surface area contributed by atoms with Crippen LogP contribution in [0.4, 0.5) is 0 Å². The molecule has 0 radical (unpaired) electrons. The Morgan fingerprint density at radius 3 is 2.24 bits per heavy atom. The maximum atomic E-state index is 11.3. The van der Waals surface area contributed by atoms with Gasteiger partial charge in [-0.2, -0.15) is 0 Å².